The lowest BCUT2D eigenvalue weighted by Crippen LogP contribution is -2.56. The number of carbonyl (C=O) groups excluding carboxylic acids is 2. The van der Waals surface area contributed by atoms with Gasteiger partial charge in [0, 0.05) is 31.8 Å². The number of aromatic nitrogens is 2. The van der Waals surface area contributed by atoms with Gasteiger partial charge in [0.2, 0.25) is 11.8 Å². The Morgan fingerprint density at radius 1 is 1.14 bits per heavy atom. The van der Waals surface area contributed by atoms with E-state index < -0.39 is 68.3 Å². The van der Waals surface area contributed by atoms with E-state index in [0.29, 0.717) is 31.5 Å². The molecule has 190 valence electrons. The zero-order chi connectivity index (χ0) is 25.5. The van der Waals surface area contributed by atoms with Crippen LogP contribution in [0.15, 0.2) is 21.6 Å². The Hall–Kier alpha value is -3.23. The molecule has 10 nitrogen and oxygen atoms in total. The van der Waals surface area contributed by atoms with E-state index in [0.717, 1.165) is 11.2 Å². The fraction of sp³-hybridized carbons (Fsp3) is 0.500. The predicted molar refractivity (Wildman–Crippen MR) is 112 cm³/mol. The van der Waals surface area contributed by atoms with Crippen LogP contribution in [0.1, 0.15) is 38.0 Å². The zero-order valence-electron chi connectivity index (χ0n) is 18.4. The standard InChI is InChI=1S/C20H21F4N5O5S/c1-35(32,33)11-8-12(21)16(13(22)9-11)25-14-3-2-5-28(19(14)31)10-4-6-29(15(30)7-10)20-26-18(17(23)24)34-27-20/h8-10,14,17,25H,2-7H2,1H3/t10-,14?/m0/s1. The number of nitrogens with one attached hydrogen (secondary N) is 1. The van der Waals surface area contributed by atoms with Crippen molar-refractivity contribution in [2.75, 3.05) is 29.6 Å². The highest BCUT2D eigenvalue weighted by atomic mass is 32.2. The lowest BCUT2D eigenvalue weighted by molar-refractivity contribution is -0.138. The van der Waals surface area contributed by atoms with Crippen molar-refractivity contribution < 1.29 is 40.1 Å². The highest BCUT2D eigenvalue weighted by molar-refractivity contribution is 7.90. The Morgan fingerprint density at radius 3 is 2.40 bits per heavy atom. The molecule has 2 aromatic rings. The van der Waals surface area contributed by atoms with E-state index in [1.807, 2.05) is 0 Å². The van der Waals surface area contributed by atoms with Crippen LogP contribution in [0.2, 0.25) is 0 Å². The van der Waals surface area contributed by atoms with Crippen LogP contribution in [0.3, 0.4) is 0 Å². The lowest BCUT2D eigenvalue weighted by atomic mass is 9.96. The van der Waals surface area contributed by atoms with Crippen molar-refractivity contribution in [1.29, 1.82) is 0 Å². The van der Waals surface area contributed by atoms with Crippen LogP contribution in [0.25, 0.3) is 0 Å². The van der Waals surface area contributed by atoms with Gasteiger partial charge in [0.05, 0.1) is 4.90 Å². The lowest BCUT2D eigenvalue weighted by Gasteiger charge is -2.41. The van der Waals surface area contributed by atoms with Crippen LogP contribution in [-0.2, 0) is 19.4 Å². The fourth-order valence-electron chi connectivity index (χ4n) is 4.19. The quantitative estimate of drug-likeness (QED) is 0.577. The van der Waals surface area contributed by atoms with Crippen LogP contribution < -0.4 is 10.2 Å². The van der Waals surface area contributed by atoms with Crippen molar-refractivity contribution in [3.63, 3.8) is 0 Å². The van der Waals surface area contributed by atoms with E-state index in [1.165, 1.54) is 4.90 Å². The molecule has 15 heteroatoms. The van der Waals surface area contributed by atoms with E-state index in [9.17, 15) is 35.6 Å². The molecule has 2 saturated heterocycles. The number of carbonyl (C=O) groups is 2. The number of alkyl halides is 2. The molecule has 2 atom stereocenters. The Bertz CT molecular complexity index is 1230. The smallest absolute Gasteiger partial charge is 0.316 e. The molecule has 35 heavy (non-hydrogen) atoms. The summed E-state index contributed by atoms with van der Waals surface area (Å²) in [5, 5.41) is 5.94. The SMILES string of the molecule is CS(=O)(=O)c1cc(F)c(NC2CCCN([C@H]3CCN(c4noc(C(F)F)n4)C(=O)C3)C2=O)c(F)c1. The average Bonchev–Trinajstić information content (AvgIpc) is 3.27. The summed E-state index contributed by atoms with van der Waals surface area (Å²) in [6.07, 6.45) is -1.22. The van der Waals surface area contributed by atoms with Gasteiger partial charge in [-0.2, -0.15) is 13.8 Å². The summed E-state index contributed by atoms with van der Waals surface area (Å²) in [4.78, 5) is 31.3. The Balaban J connectivity index is 1.45. The molecule has 2 aliphatic heterocycles. The third-order valence-corrected chi connectivity index (χ3v) is 7.02. The number of sulfone groups is 1. The van der Waals surface area contributed by atoms with E-state index in [-0.39, 0.29) is 25.3 Å². The number of rotatable bonds is 6. The molecule has 0 aliphatic carbocycles. The topological polar surface area (TPSA) is 126 Å². The number of nitrogens with zero attached hydrogens (tertiary/aromatic N) is 4. The third kappa shape index (κ3) is 5.09. The first-order valence-corrected chi connectivity index (χ1v) is 12.5. The number of halogens is 4. The van der Waals surface area contributed by atoms with E-state index in [4.69, 9.17) is 0 Å². The van der Waals surface area contributed by atoms with Crippen molar-refractivity contribution in [2.24, 2.45) is 0 Å². The maximum Gasteiger partial charge on any atom is 0.316 e. The monoisotopic (exact) mass is 519 g/mol. The molecule has 0 radical (unpaired) electrons. The van der Waals surface area contributed by atoms with Crippen LogP contribution in [-0.4, -0.2) is 66.7 Å². The highest BCUT2D eigenvalue weighted by Gasteiger charge is 2.39. The molecular formula is C20H21F4N5O5S. The zero-order valence-corrected chi connectivity index (χ0v) is 19.2. The Morgan fingerprint density at radius 2 is 1.83 bits per heavy atom. The second-order valence-corrected chi connectivity index (χ2v) is 10.3. The first-order valence-electron chi connectivity index (χ1n) is 10.6. The molecular weight excluding hydrogens is 498 g/mol. The first-order chi connectivity index (χ1) is 16.5. The number of likely N-dealkylation sites (tertiary alicyclic amines) is 1. The normalized spacial score (nSPS) is 21.7. The first kappa shape index (κ1) is 24.9. The van der Waals surface area contributed by atoms with E-state index in [2.05, 4.69) is 20.0 Å². The minimum atomic E-state index is -3.84. The second-order valence-electron chi connectivity index (χ2n) is 8.33. The predicted octanol–water partition coefficient (Wildman–Crippen LogP) is 2.29. The van der Waals surface area contributed by atoms with E-state index >= 15 is 0 Å². The summed E-state index contributed by atoms with van der Waals surface area (Å²) in [6.45, 7) is 0.383. The average molecular weight is 519 g/mol. The molecule has 3 heterocycles. The van der Waals surface area contributed by atoms with Gasteiger partial charge in [0.1, 0.15) is 11.7 Å². The number of amides is 2. The molecule has 1 aromatic heterocycles. The van der Waals surface area contributed by atoms with Gasteiger partial charge in [0.15, 0.2) is 21.5 Å². The van der Waals surface area contributed by atoms with E-state index in [1.54, 1.807) is 0 Å². The molecule has 1 aromatic carbocycles. The van der Waals surface area contributed by atoms with Crippen molar-refractivity contribution in [1.82, 2.24) is 15.0 Å². The number of hydrogen-bond acceptors (Lipinski definition) is 8. The summed E-state index contributed by atoms with van der Waals surface area (Å²) < 4.78 is 81.9. The van der Waals surface area contributed by atoms with Crippen molar-refractivity contribution >= 4 is 33.3 Å². The molecule has 0 spiro atoms. The third-order valence-electron chi connectivity index (χ3n) is 5.93. The number of hydrogen-bond donors (Lipinski definition) is 1. The van der Waals surface area contributed by atoms with Gasteiger partial charge in [-0.05, 0) is 36.6 Å². The summed E-state index contributed by atoms with van der Waals surface area (Å²) in [5.41, 5.74) is -0.615. The van der Waals surface area contributed by atoms with Gasteiger partial charge in [0.25, 0.3) is 11.8 Å². The summed E-state index contributed by atoms with van der Waals surface area (Å²) in [6, 6.07) is -0.148. The van der Waals surface area contributed by atoms with Crippen molar-refractivity contribution in [3.05, 3.63) is 29.7 Å². The van der Waals surface area contributed by atoms with Crippen molar-refractivity contribution in [2.45, 2.75) is 49.1 Å². The van der Waals surface area contributed by atoms with Crippen LogP contribution >= 0.6 is 0 Å². The molecule has 4 rings (SSSR count). The molecule has 2 amide bonds. The number of benzene rings is 1. The minimum Gasteiger partial charge on any atom is -0.369 e. The summed E-state index contributed by atoms with van der Waals surface area (Å²) in [5.74, 6) is -4.44. The van der Waals surface area contributed by atoms with Gasteiger partial charge in [-0.3, -0.25) is 14.5 Å². The Labute approximate surface area is 197 Å². The Kier molecular flexibility index (Phi) is 6.71. The minimum absolute atomic E-state index is 0.0593. The maximum atomic E-state index is 14.5. The molecule has 0 saturated carbocycles. The fourth-order valence-corrected chi connectivity index (χ4v) is 4.83. The van der Waals surface area contributed by atoms with Gasteiger partial charge < -0.3 is 14.7 Å². The molecule has 1 N–H and O–H groups in total. The maximum absolute atomic E-state index is 14.5. The van der Waals surface area contributed by atoms with Crippen molar-refractivity contribution in [3.8, 4) is 0 Å². The van der Waals surface area contributed by atoms with Crippen LogP contribution in [0, 0.1) is 11.6 Å². The van der Waals surface area contributed by atoms with Crippen LogP contribution in [0.4, 0.5) is 29.2 Å². The van der Waals surface area contributed by atoms with Gasteiger partial charge >= 0.3 is 6.43 Å². The second kappa shape index (κ2) is 9.43. The van der Waals surface area contributed by atoms with Crippen LogP contribution in [0.5, 0.6) is 0 Å². The summed E-state index contributed by atoms with van der Waals surface area (Å²) >= 11 is 0. The molecule has 2 aliphatic rings. The van der Waals surface area contributed by atoms with Gasteiger partial charge in [-0.1, -0.05) is 0 Å². The number of piperidine rings is 2. The van der Waals surface area contributed by atoms with Gasteiger partial charge in [-0.25, -0.2) is 17.2 Å². The largest absolute Gasteiger partial charge is 0.369 e. The molecule has 0 bridgehead atoms. The molecule has 2 fully saturated rings. The van der Waals surface area contributed by atoms with Gasteiger partial charge in [-0.15, -0.1) is 0 Å². The number of anilines is 2. The molecule has 1 unspecified atom stereocenters. The highest BCUT2D eigenvalue weighted by Crippen LogP contribution is 2.29. The summed E-state index contributed by atoms with van der Waals surface area (Å²) in [7, 11) is -3.84.